The van der Waals surface area contributed by atoms with Crippen molar-refractivity contribution in [3.63, 3.8) is 0 Å². The molecule has 0 saturated carbocycles. The molecule has 0 aromatic heterocycles. The molecule has 102 valence electrons. The first-order valence-electron chi connectivity index (χ1n) is 5.85. The monoisotopic (exact) mass is 264 g/mol. The molecule has 1 unspecified atom stereocenters. The lowest BCUT2D eigenvalue weighted by Crippen LogP contribution is -2.33. The molecule has 0 saturated heterocycles. The second-order valence-electron chi connectivity index (χ2n) is 4.51. The summed E-state index contributed by atoms with van der Waals surface area (Å²) in [5.74, 6) is -0.852. The third kappa shape index (κ3) is 4.94. The highest BCUT2D eigenvalue weighted by Gasteiger charge is 2.11. The lowest BCUT2D eigenvalue weighted by atomic mass is 10.2. The number of rotatable bonds is 5. The Kier molecular flexibility index (Phi) is 5.27. The highest BCUT2D eigenvalue weighted by atomic mass is 19.1. The Balaban J connectivity index is 2.54. The Labute approximate surface area is 111 Å². The lowest BCUT2D eigenvalue weighted by molar-refractivity contribution is -0.117. The van der Waals surface area contributed by atoms with Crippen molar-refractivity contribution in [2.75, 3.05) is 31.2 Å². The van der Waals surface area contributed by atoms with Gasteiger partial charge in [-0.05, 0) is 32.2 Å². The number of nitrogens with zero attached hydrogens (tertiary/aromatic N) is 2. The van der Waals surface area contributed by atoms with Crippen LogP contribution in [0.5, 0.6) is 0 Å². The standard InChI is InChI=1S/C13H17FN4O/c1-9(6-15)7-18(2)8-13(19)17-12-4-3-10(14)5-11(12)16/h3-5,9H,7-8,16H2,1-2H3,(H,17,19). The lowest BCUT2D eigenvalue weighted by Gasteiger charge is -2.17. The summed E-state index contributed by atoms with van der Waals surface area (Å²) in [5.41, 5.74) is 6.16. The van der Waals surface area contributed by atoms with Crippen LogP contribution in [0.25, 0.3) is 0 Å². The van der Waals surface area contributed by atoms with E-state index in [1.807, 2.05) is 0 Å². The van der Waals surface area contributed by atoms with Gasteiger partial charge in [0.1, 0.15) is 5.82 Å². The van der Waals surface area contributed by atoms with Gasteiger partial charge in [-0.3, -0.25) is 9.69 Å². The van der Waals surface area contributed by atoms with Crippen LogP contribution in [-0.4, -0.2) is 30.9 Å². The van der Waals surface area contributed by atoms with Crippen molar-refractivity contribution in [3.05, 3.63) is 24.0 Å². The Bertz CT molecular complexity index is 498. The van der Waals surface area contributed by atoms with Crippen molar-refractivity contribution in [2.24, 2.45) is 5.92 Å². The zero-order chi connectivity index (χ0) is 14.4. The second-order valence-corrected chi connectivity index (χ2v) is 4.51. The largest absolute Gasteiger partial charge is 0.397 e. The summed E-state index contributed by atoms with van der Waals surface area (Å²) >= 11 is 0. The SMILES string of the molecule is CC(C#N)CN(C)CC(=O)Nc1ccc(F)cc1N. The molecule has 19 heavy (non-hydrogen) atoms. The Morgan fingerprint density at radius 3 is 2.89 bits per heavy atom. The molecule has 0 fully saturated rings. The van der Waals surface area contributed by atoms with Gasteiger partial charge in [-0.2, -0.15) is 5.26 Å². The summed E-state index contributed by atoms with van der Waals surface area (Å²) in [6, 6.07) is 5.90. The van der Waals surface area contributed by atoms with Crippen molar-refractivity contribution >= 4 is 17.3 Å². The normalized spacial score (nSPS) is 11.9. The molecular weight excluding hydrogens is 247 g/mol. The van der Waals surface area contributed by atoms with Crippen molar-refractivity contribution in [3.8, 4) is 6.07 Å². The fourth-order valence-corrected chi connectivity index (χ4v) is 1.66. The summed E-state index contributed by atoms with van der Waals surface area (Å²) in [4.78, 5) is 13.5. The van der Waals surface area contributed by atoms with Crippen molar-refractivity contribution in [1.29, 1.82) is 5.26 Å². The van der Waals surface area contributed by atoms with Gasteiger partial charge in [-0.1, -0.05) is 0 Å². The molecule has 1 aromatic rings. The first-order chi connectivity index (χ1) is 8.92. The third-order valence-corrected chi connectivity index (χ3v) is 2.51. The summed E-state index contributed by atoms with van der Waals surface area (Å²) < 4.78 is 12.8. The molecule has 3 N–H and O–H groups in total. The van der Waals surface area contributed by atoms with Gasteiger partial charge >= 0.3 is 0 Å². The van der Waals surface area contributed by atoms with E-state index in [0.717, 1.165) is 6.07 Å². The van der Waals surface area contributed by atoms with E-state index in [9.17, 15) is 9.18 Å². The van der Waals surface area contributed by atoms with E-state index < -0.39 is 5.82 Å². The Morgan fingerprint density at radius 2 is 2.32 bits per heavy atom. The average molecular weight is 264 g/mol. The number of hydrogen-bond donors (Lipinski definition) is 2. The van der Waals surface area contributed by atoms with Gasteiger partial charge in [-0.15, -0.1) is 0 Å². The van der Waals surface area contributed by atoms with Crippen LogP contribution >= 0.6 is 0 Å². The number of anilines is 2. The zero-order valence-electron chi connectivity index (χ0n) is 11.0. The van der Waals surface area contributed by atoms with Crippen molar-refractivity contribution < 1.29 is 9.18 Å². The molecule has 1 aromatic carbocycles. The molecule has 0 bridgehead atoms. The predicted molar refractivity (Wildman–Crippen MR) is 71.7 cm³/mol. The number of halogens is 1. The minimum Gasteiger partial charge on any atom is -0.397 e. The van der Waals surface area contributed by atoms with Gasteiger partial charge < -0.3 is 11.1 Å². The Hall–Kier alpha value is -2.13. The van der Waals surface area contributed by atoms with Crippen LogP contribution in [0, 0.1) is 23.1 Å². The molecule has 0 radical (unpaired) electrons. The maximum Gasteiger partial charge on any atom is 0.238 e. The van der Waals surface area contributed by atoms with Crippen molar-refractivity contribution in [2.45, 2.75) is 6.92 Å². The number of hydrogen-bond acceptors (Lipinski definition) is 4. The predicted octanol–water partition coefficient (Wildman–Crippen LogP) is 1.44. The van der Waals surface area contributed by atoms with Gasteiger partial charge in [0.2, 0.25) is 5.91 Å². The quantitative estimate of drug-likeness (QED) is 0.788. The summed E-state index contributed by atoms with van der Waals surface area (Å²) in [5, 5.41) is 11.3. The number of amides is 1. The fourth-order valence-electron chi connectivity index (χ4n) is 1.66. The second kappa shape index (κ2) is 6.71. The number of nitrogens with two attached hydrogens (primary N) is 1. The smallest absolute Gasteiger partial charge is 0.238 e. The van der Waals surface area contributed by atoms with Crippen LogP contribution in [0.2, 0.25) is 0 Å². The minimum absolute atomic E-state index is 0.142. The van der Waals surface area contributed by atoms with E-state index in [1.54, 1.807) is 18.9 Å². The maximum absolute atomic E-state index is 12.8. The van der Waals surface area contributed by atoms with Crippen LogP contribution in [0.3, 0.4) is 0 Å². The number of carbonyl (C=O) groups excluding carboxylic acids is 1. The molecule has 1 amide bonds. The third-order valence-electron chi connectivity index (χ3n) is 2.51. The molecule has 0 aliphatic rings. The first kappa shape index (κ1) is 14.9. The zero-order valence-corrected chi connectivity index (χ0v) is 11.0. The highest BCUT2D eigenvalue weighted by molar-refractivity contribution is 5.95. The molecule has 1 rings (SSSR count). The van der Waals surface area contributed by atoms with Gasteiger partial charge in [0.15, 0.2) is 0 Å². The van der Waals surface area contributed by atoms with Crippen LogP contribution < -0.4 is 11.1 Å². The molecule has 0 aliphatic carbocycles. The maximum atomic E-state index is 12.8. The van der Waals surface area contributed by atoms with Crippen LogP contribution in [-0.2, 0) is 4.79 Å². The molecule has 0 heterocycles. The summed E-state index contributed by atoms with van der Waals surface area (Å²) in [6.45, 7) is 2.43. The van der Waals surface area contributed by atoms with Gasteiger partial charge in [0.25, 0.3) is 0 Å². The van der Waals surface area contributed by atoms with E-state index in [0.29, 0.717) is 12.2 Å². The number of carbonyl (C=O) groups is 1. The van der Waals surface area contributed by atoms with E-state index >= 15 is 0 Å². The fraction of sp³-hybridized carbons (Fsp3) is 0.385. The number of benzene rings is 1. The van der Waals surface area contributed by atoms with E-state index in [1.165, 1.54) is 12.1 Å². The molecule has 5 nitrogen and oxygen atoms in total. The van der Waals surface area contributed by atoms with Crippen LogP contribution in [0.4, 0.5) is 15.8 Å². The minimum atomic E-state index is -0.449. The average Bonchev–Trinajstić information content (AvgIpc) is 2.32. The first-order valence-corrected chi connectivity index (χ1v) is 5.85. The molecular formula is C13H17FN4O. The van der Waals surface area contributed by atoms with Gasteiger partial charge in [-0.25, -0.2) is 4.39 Å². The highest BCUT2D eigenvalue weighted by Crippen LogP contribution is 2.18. The number of nitrogen functional groups attached to an aromatic ring is 1. The van der Waals surface area contributed by atoms with Gasteiger partial charge in [0.05, 0.1) is 29.9 Å². The number of nitriles is 1. The van der Waals surface area contributed by atoms with E-state index in [-0.39, 0.29) is 24.1 Å². The Morgan fingerprint density at radius 1 is 1.63 bits per heavy atom. The van der Waals surface area contributed by atoms with Crippen LogP contribution in [0.1, 0.15) is 6.92 Å². The molecule has 1 atom stereocenters. The number of nitrogens with one attached hydrogen (secondary N) is 1. The topological polar surface area (TPSA) is 82.2 Å². The van der Waals surface area contributed by atoms with Gasteiger partial charge in [0, 0.05) is 6.54 Å². The molecule has 0 aliphatic heterocycles. The summed E-state index contributed by atoms with van der Waals surface area (Å²) in [6.07, 6.45) is 0. The van der Waals surface area contributed by atoms with E-state index in [2.05, 4.69) is 11.4 Å². The van der Waals surface area contributed by atoms with Crippen LogP contribution in [0.15, 0.2) is 18.2 Å². The van der Waals surface area contributed by atoms with Crippen molar-refractivity contribution in [1.82, 2.24) is 4.90 Å². The summed E-state index contributed by atoms with van der Waals surface area (Å²) in [7, 11) is 1.75. The number of likely N-dealkylation sites (N-methyl/N-ethyl adjacent to an activating group) is 1. The molecule has 0 spiro atoms. The molecule has 6 heteroatoms. The van der Waals surface area contributed by atoms with E-state index in [4.69, 9.17) is 11.0 Å².